The molecule has 1 aromatic rings. The van der Waals surface area contributed by atoms with Gasteiger partial charge in [-0.3, -0.25) is 4.79 Å². The van der Waals surface area contributed by atoms with Gasteiger partial charge in [0.25, 0.3) is 0 Å². The number of anilines is 2. The fraction of sp³-hybridized carbons (Fsp3) is 0.706. The molecule has 0 atom stereocenters. The summed E-state index contributed by atoms with van der Waals surface area (Å²) in [6, 6.07) is 2.01. The van der Waals surface area contributed by atoms with Gasteiger partial charge in [0.05, 0.1) is 0 Å². The molecule has 0 saturated carbocycles. The number of ether oxygens (including phenoxy) is 1. The summed E-state index contributed by atoms with van der Waals surface area (Å²) in [6.45, 7) is 9.40. The Bertz CT molecular complexity index is 566. The minimum atomic E-state index is 0.145. The summed E-state index contributed by atoms with van der Waals surface area (Å²) in [7, 11) is 0. The number of carbonyl (C=O) groups is 1. The van der Waals surface area contributed by atoms with Crippen molar-refractivity contribution in [1.82, 2.24) is 14.9 Å². The molecule has 0 radical (unpaired) electrons. The van der Waals surface area contributed by atoms with Crippen LogP contribution in [0.4, 0.5) is 11.8 Å². The van der Waals surface area contributed by atoms with E-state index in [1.807, 2.05) is 24.8 Å². The zero-order valence-electron chi connectivity index (χ0n) is 14.6. The minimum Gasteiger partial charge on any atom is -0.381 e. The predicted octanol–water partition coefficient (Wildman–Crippen LogP) is 1.29. The fourth-order valence-electron chi connectivity index (χ4n) is 3.31. The smallest absolute Gasteiger partial charge is 0.225 e. The number of rotatable bonds is 4. The molecular formula is C17H27N5O2. The Morgan fingerprint density at radius 2 is 1.96 bits per heavy atom. The van der Waals surface area contributed by atoms with Gasteiger partial charge < -0.3 is 19.9 Å². The van der Waals surface area contributed by atoms with Gasteiger partial charge in [-0.25, -0.2) is 4.98 Å². The SMILES string of the molecule is CCNc1nc(C)cc(N2CCN(C(=O)C3CCOCC3)CC2)n1. The number of hydrogen-bond acceptors (Lipinski definition) is 6. The average molecular weight is 333 g/mol. The summed E-state index contributed by atoms with van der Waals surface area (Å²) >= 11 is 0. The highest BCUT2D eigenvalue weighted by molar-refractivity contribution is 5.79. The van der Waals surface area contributed by atoms with Gasteiger partial charge in [-0.1, -0.05) is 0 Å². The first kappa shape index (κ1) is 17.0. The van der Waals surface area contributed by atoms with E-state index in [2.05, 4.69) is 20.2 Å². The minimum absolute atomic E-state index is 0.145. The monoisotopic (exact) mass is 333 g/mol. The van der Waals surface area contributed by atoms with Crippen molar-refractivity contribution in [2.24, 2.45) is 5.92 Å². The van der Waals surface area contributed by atoms with Gasteiger partial charge in [0.2, 0.25) is 11.9 Å². The first-order chi connectivity index (χ1) is 11.7. The molecule has 2 fully saturated rings. The summed E-state index contributed by atoms with van der Waals surface area (Å²) in [4.78, 5) is 25.8. The molecule has 0 bridgehead atoms. The van der Waals surface area contributed by atoms with E-state index in [0.29, 0.717) is 25.1 Å². The molecule has 7 nitrogen and oxygen atoms in total. The highest BCUT2D eigenvalue weighted by Crippen LogP contribution is 2.21. The molecule has 132 valence electrons. The van der Waals surface area contributed by atoms with E-state index in [1.165, 1.54) is 0 Å². The third-order valence-electron chi connectivity index (χ3n) is 4.66. The number of nitrogens with zero attached hydrogens (tertiary/aromatic N) is 4. The first-order valence-corrected chi connectivity index (χ1v) is 8.88. The average Bonchev–Trinajstić information content (AvgIpc) is 2.62. The van der Waals surface area contributed by atoms with Gasteiger partial charge >= 0.3 is 0 Å². The molecular weight excluding hydrogens is 306 g/mol. The highest BCUT2D eigenvalue weighted by atomic mass is 16.5. The molecule has 3 rings (SSSR count). The van der Waals surface area contributed by atoms with Gasteiger partial charge in [0.1, 0.15) is 5.82 Å². The lowest BCUT2D eigenvalue weighted by Gasteiger charge is -2.37. The lowest BCUT2D eigenvalue weighted by Crippen LogP contribution is -2.51. The van der Waals surface area contributed by atoms with Crippen LogP contribution in [0.3, 0.4) is 0 Å². The number of piperazine rings is 1. The lowest BCUT2D eigenvalue weighted by atomic mass is 9.98. The van der Waals surface area contributed by atoms with Crippen molar-refractivity contribution in [2.75, 3.05) is 56.2 Å². The molecule has 3 heterocycles. The summed E-state index contributed by atoms with van der Waals surface area (Å²) in [6.07, 6.45) is 1.71. The Morgan fingerprint density at radius 3 is 2.62 bits per heavy atom. The maximum Gasteiger partial charge on any atom is 0.225 e. The van der Waals surface area contributed by atoms with Crippen LogP contribution in [0.25, 0.3) is 0 Å². The van der Waals surface area contributed by atoms with Gasteiger partial charge in [-0.05, 0) is 26.7 Å². The normalized spacial score (nSPS) is 19.4. The Hall–Kier alpha value is -1.89. The summed E-state index contributed by atoms with van der Waals surface area (Å²) in [5.41, 5.74) is 0.955. The maximum atomic E-state index is 12.6. The van der Waals surface area contributed by atoms with Crippen LogP contribution in [0.15, 0.2) is 6.07 Å². The van der Waals surface area contributed by atoms with Gasteiger partial charge in [-0.15, -0.1) is 0 Å². The van der Waals surface area contributed by atoms with Crippen LogP contribution in [0.2, 0.25) is 0 Å². The fourth-order valence-corrected chi connectivity index (χ4v) is 3.31. The first-order valence-electron chi connectivity index (χ1n) is 8.88. The van der Waals surface area contributed by atoms with Crippen molar-refractivity contribution in [2.45, 2.75) is 26.7 Å². The molecule has 2 aliphatic rings. The summed E-state index contributed by atoms with van der Waals surface area (Å²) in [5.74, 6) is 2.06. The van der Waals surface area contributed by atoms with E-state index in [0.717, 1.165) is 57.1 Å². The van der Waals surface area contributed by atoms with Crippen LogP contribution in [0, 0.1) is 12.8 Å². The van der Waals surface area contributed by atoms with Gasteiger partial charge in [0, 0.05) is 63.6 Å². The number of aromatic nitrogens is 2. The number of amides is 1. The van der Waals surface area contributed by atoms with Crippen molar-refractivity contribution in [1.29, 1.82) is 0 Å². The van der Waals surface area contributed by atoms with Crippen molar-refractivity contribution in [3.63, 3.8) is 0 Å². The molecule has 0 aromatic carbocycles. The molecule has 7 heteroatoms. The van der Waals surface area contributed by atoms with Gasteiger partial charge in [-0.2, -0.15) is 4.98 Å². The number of nitrogens with one attached hydrogen (secondary N) is 1. The molecule has 0 spiro atoms. The topological polar surface area (TPSA) is 70.6 Å². The molecule has 1 N–H and O–H groups in total. The summed E-state index contributed by atoms with van der Waals surface area (Å²) in [5, 5.41) is 3.17. The maximum absolute atomic E-state index is 12.6. The van der Waals surface area contributed by atoms with Crippen molar-refractivity contribution in [3.05, 3.63) is 11.8 Å². The Kier molecular flexibility index (Phi) is 5.50. The molecule has 1 aromatic heterocycles. The molecule has 1 amide bonds. The second-order valence-corrected chi connectivity index (χ2v) is 6.42. The summed E-state index contributed by atoms with van der Waals surface area (Å²) < 4.78 is 5.36. The Labute approximate surface area is 143 Å². The Balaban J connectivity index is 1.59. The van der Waals surface area contributed by atoms with Crippen LogP contribution in [-0.2, 0) is 9.53 Å². The molecule has 2 aliphatic heterocycles. The van der Waals surface area contributed by atoms with Crippen molar-refractivity contribution in [3.8, 4) is 0 Å². The third-order valence-corrected chi connectivity index (χ3v) is 4.66. The lowest BCUT2D eigenvalue weighted by molar-refractivity contribution is -0.138. The number of hydrogen-bond donors (Lipinski definition) is 1. The zero-order chi connectivity index (χ0) is 16.9. The van der Waals surface area contributed by atoms with Gasteiger partial charge in [0.15, 0.2) is 0 Å². The number of carbonyl (C=O) groups excluding carboxylic acids is 1. The van der Waals surface area contributed by atoms with Crippen LogP contribution < -0.4 is 10.2 Å². The largest absolute Gasteiger partial charge is 0.381 e. The quantitative estimate of drug-likeness (QED) is 0.895. The molecule has 0 aliphatic carbocycles. The second-order valence-electron chi connectivity index (χ2n) is 6.42. The molecule has 0 unspecified atom stereocenters. The highest BCUT2D eigenvalue weighted by Gasteiger charge is 2.29. The van der Waals surface area contributed by atoms with Crippen molar-refractivity contribution < 1.29 is 9.53 Å². The van der Waals surface area contributed by atoms with E-state index in [4.69, 9.17) is 4.74 Å². The zero-order valence-corrected chi connectivity index (χ0v) is 14.6. The van der Waals surface area contributed by atoms with E-state index in [-0.39, 0.29) is 5.92 Å². The predicted molar refractivity (Wildman–Crippen MR) is 93.3 cm³/mol. The standard InChI is InChI=1S/C17H27N5O2/c1-3-18-17-19-13(2)12-15(20-17)21-6-8-22(9-7-21)16(23)14-4-10-24-11-5-14/h12,14H,3-11H2,1-2H3,(H,18,19,20). The second kappa shape index (κ2) is 7.79. The van der Waals surface area contributed by atoms with E-state index >= 15 is 0 Å². The van der Waals surface area contributed by atoms with E-state index in [1.54, 1.807) is 0 Å². The van der Waals surface area contributed by atoms with Crippen LogP contribution in [-0.4, -0.2) is 66.7 Å². The van der Waals surface area contributed by atoms with Crippen LogP contribution in [0.1, 0.15) is 25.5 Å². The van der Waals surface area contributed by atoms with Crippen LogP contribution in [0.5, 0.6) is 0 Å². The Morgan fingerprint density at radius 1 is 1.25 bits per heavy atom. The van der Waals surface area contributed by atoms with Crippen LogP contribution >= 0.6 is 0 Å². The van der Waals surface area contributed by atoms with Crippen molar-refractivity contribution >= 4 is 17.7 Å². The molecule has 2 saturated heterocycles. The number of aryl methyl sites for hydroxylation is 1. The molecule has 24 heavy (non-hydrogen) atoms. The van der Waals surface area contributed by atoms with E-state index < -0.39 is 0 Å². The third kappa shape index (κ3) is 3.95. The van der Waals surface area contributed by atoms with E-state index in [9.17, 15) is 4.79 Å².